The number of carbonyl (C=O) groups excluding carboxylic acids is 2. The van der Waals surface area contributed by atoms with Crippen molar-refractivity contribution >= 4 is 28.6 Å². The maximum Gasteiger partial charge on any atom is 0.258 e. The summed E-state index contributed by atoms with van der Waals surface area (Å²) in [6, 6.07) is 1.35. The third-order valence-electron chi connectivity index (χ3n) is 3.95. The van der Waals surface area contributed by atoms with Crippen molar-refractivity contribution < 1.29 is 14.1 Å². The minimum absolute atomic E-state index is 0.0467. The summed E-state index contributed by atoms with van der Waals surface area (Å²) in [6.45, 7) is 4.37. The molecule has 0 unspecified atom stereocenters. The summed E-state index contributed by atoms with van der Waals surface area (Å²) in [7, 11) is 0. The predicted octanol–water partition coefficient (Wildman–Crippen LogP) is 1.87. The van der Waals surface area contributed by atoms with E-state index in [9.17, 15) is 9.59 Å². The van der Waals surface area contributed by atoms with E-state index in [4.69, 9.17) is 4.52 Å². The largest absolute Gasteiger partial charge is 0.336 e. The highest BCUT2D eigenvalue weighted by Gasteiger charge is 2.31. The summed E-state index contributed by atoms with van der Waals surface area (Å²) in [5, 5.41) is 7.44. The first-order valence-corrected chi connectivity index (χ1v) is 7.42. The van der Waals surface area contributed by atoms with Gasteiger partial charge in [0, 0.05) is 13.0 Å². The second kappa shape index (κ2) is 5.75. The Hall–Kier alpha value is -2.44. The van der Waals surface area contributed by atoms with E-state index in [2.05, 4.69) is 15.5 Å². The van der Waals surface area contributed by atoms with Gasteiger partial charge in [0.05, 0.1) is 23.0 Å². The van der Waals surface area contributed by atoms with E-state index in [1.165, 1.54) is 6.20 Å². The fourth-order valence-corrected chi connectivity index (χ4v) is 2.78. The second-order valence-corrected chi connectivity index (χ2v) is 5.45. The maximum absolute atomic E-state index is 12.5. The van der Waals surface area contributed by atoms with Crippen LogP contribution < -0.4 is 5.32 Å². The molecule has 7 heteroatoms. The van der Waals surface area contributed by atoms with Crippen LogP contribution in [-0.4, -0.2) is 39.4 Å². The van der Waals surface area contributed by atoms with Gasteiger partial charge < -0.3 is 14.7 Å². The van der Waals surface area contributed by atoms with Crippen molar-refractivity contribution in [1.29, 1.82) is 0 Å². The number of rotatable bonds is 4. The van der Waals surface area contributed by atoms with Crippen LogP contribution in [0.1, 0.15) is 31.9 Å². The molecule has 1 aliphatic rings. The maximum atomic E-state index is 12.5. The Bertz CT molecular complexity index is 725. The van der Waals surface area contributed by atoms with E-state index in [1.807, 2.05) is 13.8 Å². The number of hydrogen-bond acceptors (Lipinski definition) is 5. The Labute approximate surface area is 127 Å². The minimum Gasteiger partial charge on any atom is -0.336 e. The number of pyridine rings is 1. The summed E-state index contributed by atoms with van der Waals surface area (Å²) in [4.78, 5) is 30.1. The lowest BCUT2D eigenvalue weighted by Gasteiger charge is -2.25. The number of hydrogen-bond donors (Lipinski definition) is 1. The van der Waals surface area contributed by atoms with E-state index < -0.39 is 6.04 Å². The molecule has 22 heavy (non-hydrogen) atoms. The molecular weight excluding hydrogens is 284 g/mol. The molecule has 3 rings (SSSR count). The first kappa shape index (κ1) is 14.5. The molecule has 116 valence electrons. The highest BCUT2D eigenvalue weighted by Crippen LogP contribution is 2.21. The fraction of sp³-hybridized carbons (Fsp3) is 0.467. The monoisotopic (exact) mass is 302 g/mol. The molecule has 2 aromatic heterocycles. The molecule has 0 bridgehead atoms. The highest BCUT2D eigenvalue weighted by molar-refractivity contribution is 5.98. The molecule has 0 radical (unpaired) electrons. The van der Waals surface area contributed by atoms with Gasteiger partial charge in [0.2, 0.25) is 11.8 Å². The highest BCUT2D eigenvalue weighted by atomic mass is 16.5. The molecule has 1 N–H and O–H groups in total. The van der Waals surface area contributed by atoms with Crippen LogP contribution in [0, 0.1) is 6.92 Å². The molecule has 1 fully saturated rings. The van der Waals surface area contributed by atoms with Crippen molar-refractivity contribution in [3.05, 3.63) is 18.0 Å². The number of anilines is 1. The lowest BCUT2D eigenvalue weighted by molar-refractivity contribution is -0.135. The zero-order valence-corrected chi connectivity index (χ0v) is 12.6. The Balaban J connectivity index is 1.79. The van der Waals surface area contributed by atoms with Crippen molar-refractivity contribution in [1.82, 2.24) is 15.0 Å². The van der Waals surface area contributed by atoms with Crippen LogP contribution in [0.15, 0.2) is 16.8 Å². The topological polar surface area (TPSA) is 88.3 Å². The first-order valence-electron chi connectivity index (χ1n) is 7.42. The number of nitrogens with one attached hydrogen (secondary N) is 1. The van der Waals surface area contributed by atoms with Crippen LogP contribution in [0.25, 0.3) is 11.1 Å². The second-order valence-electron chi connectivity index (χ2n) is 5.45. The van der Waals surface area contributed by atoms with Crippen LogP contribution in [0.3, 0.4) is 0 Å². The number of fused-ring (bicyclic) bond motifs is 1. The summed E-state index contributed by atoms with van der Waals surface area (Å²) in [5.74, 6) is -0.140. The van der Waals surface area contributed by atoms with Crippen molar-refractivity contribution in [2.24, 2.45) is 0 Å². The van der Waals surface area contributed by atoms with Crippen molar-refractivity contribution in [3.63, 3.8) is 0 Å². The van der Waals surface area contributed by atoms with Crippen LogP contribution in [-0.2, 0) is 9.59 Å². The molecular formula is C15H18N4O3. The summed E-state index contributed by atoms with van der Waals surface area (Å²) in [6.07, 6.45) is 3.45. The molecule has 7 nitrogen and oxygen atoms in total. The van der Waals surface area contributed by atoms with Crippen LogP contribution in [0.2, 0.25) is 0 Å². The number of nitrogens with zero attached hydrogens (tertiary/aromatic N) is 3. The molecule has 1 aliphatic heterocycles. The van der Waals surface area contributed by atoms with Crippen LogP contribution in [0.4, 0.5) is 5.69 Å². The first-order chi connectivity index (χ1) is 10.6. The predicted molar refractivity (Wildman–Crippen MR) is 80.2 cm³/mol. The van der Waals surface area contributed by atoms with Gasteiger partial charge in [-0.1, -0.05) is 12.1 Å². The average Bonchev–Trinajstić information content (AvgIpc) is 3.07. The molecule has 0 aliphatic carbocycles. The lowest BCUT2D eigenvalue weighted by atomic mass is 10.1. The molecule has 3 heterocycles. The molecule has 2 aromatic rings. The van der Waals surface area contributed by atoms with Crippen molar-refractivity contribution in [3.8, 4) is 0 Å². The van der Waals surface area contributed by atoms with E-state index in [1.54, 1.807) is 11.0 Å². The van der Waals surface area contributed by atoms with Crippen LogP contribution in [0.5, 0.6) is 0 Å². The van der Waals surface area contributed by atoms with Gasteiger partial charge in [-0.15, -0.1) is 0 Å². The number of likely N-dealkylation sites (tertiary alicyclic amines) is 1. The van der Waals surface area contributed by atoms with Gasteiger partial charge in [-0.3, -0.25) is 9.59 Å². The Morgan fingerprint density at radius 3 is 3.05 bits per heavy atom. The lowest BCUT2D eigenvalue weighted by Crippen LogP contribution is -2.44. The molecule has 1 atom stereocenters. The normalized spacial score (nSPS) is 16.3. The van der Waals surface area contributed by atoms with E-state index in [-0.39, 0.29) is 11.8 Å². The molecule has 0 saturated carbocycles. The molecule has 0 aromatic carbocycles. The van der Waals surface area contributed by atoms with Crippen LogP contribution >= 0.6 is 0 Å². The summed E-state index contributed by atoms with van der Waals surface area (Å²) in [5.41, 5.74) is 1.74. The minimum atomic E-state index is -0.436. The number of amides is 2. The van der Waals surface area contributed by atoms with Crippen molar-refractivity contribution in [2.75, 3.05) is 11.9 Å². The van der Waals surface area contributed by atoms with Crippen molar-refractivity contribution in [2.45, 2.75) is 39.2 Å². The number of aryl methyl sites for hydroxylation is 1. The fourth-order valence-electron chi connectivity index (χ4n) is 2.78. The van der Waals surface area contributed by atoms with Gasteiger partial charge in [-0.25, -0.2) is 4.98 Å². The quantitative estimate of drug-likeness (QED) is 0.931. The van der Waals surface area contributed by atoms with Gasteiger partial charge in [-0.05, 0) is 25.8 Å². The summed E-state index contributed by atoms with van der Waals surface area (Å²) >= 11 is 0. The Morgan fingerprint density at radius 1 is 1.55 bits per heavy atom. The smallest absolute Gasteiger partial charge is 0.258 e. The Kier molecular flexibility index (Phi) is 3.79. The van der Waals surface area contributed by atoms with E-state index >= 15 is 0 Å². The van der Waals surface area contributed by atoms with Gasteiger partial charge in [0.1, 0.15) is 6.04 Å². The molecule has 0 spiro atoms. The zero-order chi connectivity index (χ0) is 15.7. The standard InChI is InChI=1S/C15H18N4O3/c1-3-12(19-6-4-5-13(19)20)14(21)17-10-7-11-9(2)18-22-15(11)16-8-10/h7-8,12H,3-6H2,1-2H3,(H,17,21)/t12-/m1/s1. The number of aromatic nitrogens is 2. The number of carbonyl (C=O) groups is 2. The average molecular weight is 302 g/mol. The van der Waals surface area contributed by atoms with E-state index in [0.717, 1.165) is 17.5 Å². The van der Waals surface area contributed by atoms with Gasteiger partial charge in [-0.2, -0.15) is 0 Å². The van der Waals surface area contributed by atoms with Gasteiger partial charge in [0.25, 0.3) is 5.71 Å². The zero-order valence-electron chi connectivity index (χ0n) is 12.6. The molecule has 1 saturated heterocycles. The van der Waals surface area contributed by atoms with E-state index in [0.29, 0.717) is 30.8 Å². The Morgan fingerprint density at radius 2 is 2.36 bits per heavy atom. The van der Waals surface area contributed by atoms with Gasteiger partial charge >= 0.3 is 0 Å². The SMILES string of the molecule is CC[C@H](C(=O)Nc1cnc2onc(C)c2c1)N1CCCC1=O. The summed E-state index contributed by atoms with van der Waals surface area (Å²) < 4.78 is 5.05. The molecule has 2 amide bonds. The third-order valence-corrected chi connectivity index (χ3v) is 3.95. The van der Waals surface area contributed by atoms with Gasteiger partial charge in [0.15, 0.2) is 0 Å². The third kappa shape index (κ3) is 2.54.